The smallest absolute Gasteiger partial charge is 0.0178 e. The standard InChI is InChI=1S/C11H16BrP/c1-4-11(2,3)9-7-8(12)5-6-10(9)13/h5-7H,4,13H2,1-3H3. The summed E-state index contributed by atoms with van der Waals surface area (Å²) >= 11 is 3.51. The van der Waals surface area contributed by atoms with Crippen LogP contribution in [0.5, 0.6) is 0 Å². The van der Waals surface area contributed by atoms with Gasteiger partial charge in [-0.2, -0.15) is 0 Å². The monoisotopic (exact) mass is 258 g/mol. The van der Waals surface area contributed by atoms with E-state index in [0.717, 1.165) is 10.9 Å². The van der Waals surface area contributed by atoms with E-state index in [4.69, 9.17) is 0 Å². The molecule has 0 saturated carbocycles. The molecule has 0 N–H and O–H groups in total. The fourth-order valence-electron chi connectivity index (χ4n) is 1.31. The minimum Gasteiger partial charge on any atom is -0.105 e. The summed E-state index contributed by atoms with van der Waals surface area (Å²) in [4.78, 5) is 0. The van der Waals surface area contributed by atoms with E-state index in [1.54, 1.807) is 0 Å². The molecule has 0 heterocycles. The van der Waals surface area contributed by atoms with Gasteiger partial charge in [0, 0.05) is 4.47 Å². The molecule has 0 aliphatic heterocycles. The van der Waals surface area contributed by atoms with Crippen molar-refractivity contribution in [3.05, 3.63) is 28.2 Å². The van der Waals surface area contributed by atoms with Gasteiger partial charge in [0.2, 0.25) is 0 Å². The topological polar surface area (TPSA) is 0 Å². The van der Waals surface area contributed by atoms with Gasteiger partial charge in [0.1, 0.15) is 0 Å². The predicted molar refractivity (Wildman–Crippen MR) is 66.8 cm³/mol. The summed E-state index contributed by atoms with van der Waals surface area (Å²) in [5, 5.41) is 1.30. The summed E-state index contributed by atoms with van der Waals surface area (Å²) in [5.41, 5.74) is 1.68. The molecule has 0 bridgehead atoms. The Morgan fingerprint density at radius 2 is 2.00 bits per heavy atom. The number of halogens is 1. The highest BCUT2D eigenvalue weighted by atomic mass is 79.9. The summed E-state index contributed by atoms with van der Waals surface area (Å²) in [7, 11) is 2.80. The highest BCUT2D eigenvalue weighted by molar-refractivity contribution is 9.10. The molecule has 0 nitrogen and oxygen atoms in total. The largest absolute Gasteiger partial charge is 0.105 e. The van der Waals surface area contributed by atoms with Crippen molar-refractivity contribution in [3.63, 3.8) is 0 Å². The number of hydrogen-bond donors (Lipinski definition) is 0. The molecule has 0 aliphatic carbocycles. The zero-order valence-electron chi connectivity index (χ0n) is 8.39. The zero-order valence-corrected chi connectivity index (χ0v) is 11.1. The van der Waals surface area contributed by atoms with Crippen LogP contribution in [0, 0.1) is 0 Å². The predicted octanol–water partition coefficient (Wildman–Crippen LogP) is 3.64. The number of rotatable bonds is 2. The third-order valence-electron chi connectivity index (χ3n) is 2.63. The maximum Gasteiger partial charge on any atom is 0.0178 e. The molecule has 0 aliphatic rings. The summed E-state index contributed by atoms with van der Waals surface area (Å²) in [6.07, 6.45) is 1.16. The van der Waals surface area contributed by atoms with Crippen LogP contribution in [0.2, 0.25) is 0 Å². The van der Waals surface area contributed by atoms with Gasteiger partial charge in [-0.15, -0.1) is 9.24 Å². The highest BCUT2D eigenvalue weighted by Crippen LogP contribution is 2.28. The normalized spacial score (nSPS) is 11.8. The molecule has 0 amide bonds. The molecule has 13 heavy (non-hydrogen) atoms. The molecule has 2 heteroatoms. The molecule has 0 aromatic heterocycles. The second-order valence-corrected chi connectivity index (χ2v) is 5.51. The fourth-order valence-corrected chi connectivity index (χ4v) is 2.24. The molecule has 0 saturated heterocycles. The van der Waals surface area contributed by atoms with Crippen molar-refractivity contribution in [3.8, 4) is 0 Å². The van der Waals surface area contributed by atoms with E-state index in [1.807, 2.05) is 0 Å². The van der Waals surface area contributed by atoms with Crippen LogP contribution in [0.1, 0.15) is 32.8 Å². The molecule has 1 aromatic carbocycles. The van der Waals surface area contributed by atoms with Crippen molar-refractivity contribution in [1.82, 2.24) is 0 Å². The Morgan fingerprint density at radius 1 is 1.38 bits per heavy atom. The van der Waals surface area contributed by atoms with Gasteiger partial charge in [-0.1, -0.05) is 42.8 Å². The third kappa shape index (κ3) is 2.54. The van der Waals surface area contributed by atoms with Crippen molar-refractivity contribution in [2.45, 2.75) is 32.6 Å². The maximum atomic E-state index is 3.51. The van der Waals surface area contributed by atoms with Crippen LogP contribution in [0.3, 0.4) is 0 Å². The molecule has 0 spiro atoms. The van der Waals surface area contributed by atoms with Gasteiger partial charge in [0.15, 0.2) is 0 Å². The van der Waals surface area contributed by atoms with Gasteiger partial charge in [0.25, 0.3) is 0 Å². The average molecular weight is 259 g/mol. The molecular formula is C11H16BrP. The Labute approximate surface area is 91.5 Å². The van der Waals surface area contributed by atoms with Crippen LogP contribution in [0.15, 0.2) is 22.7 Å². The summed E-state index contributed by atoms with van der Waals surface area (Å²) in [6, 6.07) is 6.44. The summed E-state index contributed by atoms with van der Waals surface area (Å²) in [6.45, 7) is 6.79. The van der Waals surface area contributed by atoms with Gasteiger partial charge in [-0.25, -0.2) is 0 Å². The van der Waals surface area contributed by atoms with Crippen molar-refractivity contribution in [1.29, 1.82) is 0 Å². The molecule has 1 atom stereocenters. The van der Waals surface area contributed by atoms with Gasteiger partial charge in [0.05, 0.1) is 0 Å². The first kappa shape index (κ1) is 11.2. The van der Waals surface area contributed by atoms with E-state index >= 15 is 0 Å². The second-order valence-electron chi connectivity index (χ2n) is 3.97. The molecule has 72 valence electrons. The molecule has 1 rings (SSSR count). The van der Waals surface area contributed by atoms with E-state index in [-0.39, 0.29) is 5.41 Å². The van der Waals surface area contributed by atoms with E-state index in [2.05, 4.69) is 64.1 Å². The van der Waals surface area contributed by atoms with Crippen LogP contribution in [0.4, 0.5) is 0 Å². The Balaban J connectivity index is 3.20. The Bertz CT molecular complexity index is 305. The van der Waals surface area contributed by atoms with E-state index in [9.17, 15) is 0 Å². The number of benzene rings is 1. The number of hydrogen-bond acceptors (Lipinski definition) is 0. The van der Waals surface area contributed by atoms with Gasteiger partial charge in [-0.05, 0) is 34.8 Å². The average Bonchev–Trinajstić information content (AvgIpc) is 2.09. The Morgan fingerprint density at radius 3 is 2.54 bits per heavy atom. The second kappa shape index (κ2) is 4.11. The Hall–Kier alpha value is 0.130. The lowest BCUT2D eigenvalue weighted by Crippen LogP contribution is -2.21. The molecule has 1 unspecified atom stereocenters. The van der Waals surface area contributed by atoms with E-state index in [0.29, 0.717) is 0 Å². The first-order valence-corrected chi connectivity index (χ1v) is 5.90. The molecule has 1 aromatic rings. The van der Waals surface area contributed by atoms with Crippen LogP contribution >= 0.6 is 25.2 Å². The van der Waals surface area contributed by atoms with Crippen molar-refractivity contribution in [2.75, 3.05) is 0 Å². The lowest BCUT2D eigenvalue weighted by Gasteiger charge is -2.25. The first-order valence-electron chi connectivity index (χ1n) is 4.53. The van der Waals surface area contributed by atoms with E-state index < -0.39 is 0 Å². The zero-order chi connectivity index (χ0) is 10.1. The summed E-state index contributed by atoms with van der Waals surface area (Å²) in [5.74, 6) is 0. The minimum absolute atomic E-state index is 0.265. The molecule has 0 radical (unpaired) electrons. The van der Waals surface area contributed by atoms with Gasteiger partial charge >= 0.3 is 0 Å². The fraction of sp³-hybridized carbons (Fsp3) is 0.455. The van der Waals surface area contributed by atoms with Crippen molar-refractivity contribution >= 4 is 30.5 Å². The third-order valence-corrected chi connectivity index (χ3v) is 3.63. The lowest BCUT2D eigenvalue weighted by atomic mass is 9.82. The van der Waals surface area contributed by atoms with Crippen LogP contribution < -0.4 is 5.30 Å². The van der Waals surface area contributed by atoms with Crippen molar-refractivity contribution in [2.24, 2.45) is 0 Å². The van der Waals surface area contributed by atoms with E-state index in [1.165, 1.54) is 10.9 Å². The lowest BCUT2D eigenvalue weighted by molar-refractivity contribution is 0.509. The SMILES string of the molecule is CCC(C)(C)c1cc(Br)ccc1P. The summed E-state index contributed by atoms with van der Waals surface area (Å²) < 4.78 is 1.16. The van der Waals surface area contributed by atoms with Crippen LogP contribution in [0.25, 0.3) is 0 Å². The minimum atomic E-state index is 0.265. The van der Waals surface area contributed by atoms with Crippen LogP contribution in [-0.4, -0.2) is 0 Å². The Kier molecular flexibility index (Phi) is 3.54. The molecule has 0 fully saturated rings. The first-order chi connectivity index (χ1) is 5.97. The van der Waals surface area contributed by atoms with Crippen molar-refractivity contribution < 1.29 is 0 Å². The van der Waals surface area contributed by atoms with Crippen LogP contribution in [-0.2, 0) is 5.41 Å². The maximum absolute atomic E-state index is 3.51. The van der Waals surface area contributed by atoms with Gasteiger partial charge < -0.3 is 0 Å². The highest BCUT2D eigenvalue weighted by Gasteiger charge is 2.20. The van der Waals surface area contributed by atoms with Gasteiger partial charge in [-0.3, -0.25) is 0 Å². The quantitative estimate of drug-likeness (QED) is 0.711. The molecular weight excluding hydrogens is 243 g/mol.